The molecule has 0 saturated carbocycles. The second-order valence-corrected chi connectivity index (χ2v) is 4.30. The van der Waals surface area contributed by atoms with E-state index in [1.807, 2.05) is 0 Å². The molecule has 0 aliphatic carbocycles. The molecule has 0 fully saturated rings. The van der Waals surface area contributed by atoms with Gasteiger partial charge in [-0.15, -0.1) is 0 Å². The van der Waals surface area contributed by atoms with E-state index in [4.69, 9.17) is 0 Å². The van der Waals surface area contributed by atoms with E-state index >= 15 is 0 Å². The van der Waals surface area contributed by atoms with Crippen molar-refractivity contribution in [3.05, 3.63) is 51.6 Å². The maximum absolute atomic E-state index is 11.9. The van der Waals surface area contributed by atoms with Crippen molar-refractivity contribution in [1.82, 2.24) is 14.8 Å². The van der Waals surface area contributed by atoms with Crippen molar-refractivity contribution in [3.8, 4) is 0 Å². The van der Waals surface area contributed by atoms with Crippen LogP contribution in [0.25, 0.3) is 0 Å². The highest BCUT2D eigenvalue weighted by molar-refractivity contribution is 6.00. The SMILES string of the molecule is COC(=O)c1nn(Cc2ccncc2)c(C(=O)OC)c1[N+](=O)[O-]. The van der Waals surface area contributed by atoms with Crippen LogP contribution in [0.2, 0.25) is 0 Å². The van der Waals surface area contributed by atoms with Gasteiger partial charge in [-0.2, -0.15) is 5.10 Å². The fraction of sp³-hybridized carbons (Fsp3) is 0.231. The number of hydrogen-bond donors (Lipinski definition) is 0. The first-order valence-electron chi connectivity index (χ1n) is 6.30. The lowest BCUT2D eigenvalue weighted by molar-refractivity contribution is -0.385. The van der Waals surface area contributed by atoms with Crippen LogP contribution in [0.5, 0.6) is 0 Å². The van der Waals surface area contributed by atoms with Crippen LogP contribution in [0.3, 0.4) is 0 Å². The van der Waals surface area contributed by atoms with Crippen molar-refractivity contribution in [2.24, 2.45) is 0 Å². The number of methoxy groups -OCH3 is 2. The Hall–Kier alpha value is -3.30. The van der Waals surface area contributed by atoms with E-state index in [9.17, 15) is 19.7 Å². The van der Waals surface area contributed by atoms with Gasteiger partial charge in [-0.05, 0) is 17.7 Å². The van der Waals surface area contributed by atoms with Crippen molar-refractivity contribution < 1.29 is 24.0 Å². The average molecular weight is 320 g/mol. The summed E-state index contributed by atoms with van der Waals surface area (Å²) in [5.74, 6) is -2.00. The summed E-state index contributed by atoms with van der Waals surface area (Å²) >= 11 is 0. The minimum absolute atomic E-state index is 0.0186. The Morgan fingerprint density at radius 1 is 1.22 bits per heavy atom. The molecule has 10 nitrogen and oxygen atoms in total. The molecular formula is C13H12N4O6. The number of hydrogen-bond acceptors (Lipinski definition) is 8. The molecule has 2 heterocycles. The summed E-state index contributed by atoms with van der Waals surface area (Å²) < 4.78 is 10.1. The summed E-state index contributed by atoms with van der Waals surface area (Å²) in [5.41, 5.74) is -1.07. The van der Waals surface area contributed by atoms with Crippen LogP contribution in [-0.2, 0) is 16.0 Å². The number of nitrogens with zero attached hydrogens (tertiary/aromatic N) is 4. The smallest absolute Gasteiger partial charge is 0.365 e. The lowest BCUT2D eigenvalue weighted by Crippen LogP contribution is -2.14. The lowest BCUT2D eigenvalue weighted by atomic mass is 10.2. The standard InChI is InChI=1S/C13H12N4O6/c1-22-12(18)9-10(17(20)21)11(13(19)23-2)16(15-9)7-8-3-5-14-6-4-8/h3-6H,7H2,1-2H3. The van der Waals surface area contributed by atoms with Gasteiger partial charge in [0, 0.05) is 12.4 Å². The average Bonchev–Trinajstić information content (AvgIpc) is 2.93. The predicted octanol–water partition coefficient (Wildman–Crippen LogP) is 0.808. The van der Waals surface area contributed by atoms with E-state index in [2.05, 4.69) is 19.6 Å². The molecule has 0 unspecified atom stereocenters. The Kier molecular flexibility index (Phi) is 4.64. The Bertz CT molecular complexity index is 755. The Morgan fingerprint density at radius 2 is 1.83 bits per heavy atom. The highest BCUT2D eigenvalue weighted by atomic mass is 16.6. The van der Waals surface area contributed by atoms with Gasteiger partial charge in [-0.3, -0.25) is 15.1 Å². The van der Waals surface area contributed by atoms with E-state index in [1.54, 1.807) is 12.1 Å². The molecule has 0 aliphatic heterocycles. The van der Waals surface area contributed by atoms with E-state index in [0.717, 1.165) is 18.9 Å². The third-order valence-corrected chi connectivity index (χ3v) is 2.95. The second-order valence-electron chi connectivity index (χ2n) is 4.30. The Balaban J connectivity index is 2.62. The zero-order chi connectivity index (χ0) is 17.0. The number of pyridine rings is 1. The Morgan fingerprint density at radius 3 is 2.35 bits per heavy atom. The monoisotopic (exact) mass is 320 g/mol. The molecule has 0 N–H and O–H groups in total. The molecule has 2 aromatic rings. The van der Waals surface area contributed by atoms with Gasteiger partial charge < -0.3 is 9.47 Å². The maximum atomic E-state index is 11.9. The van der Waals surface area contributed by atoms with Crippen LogP contribution in [0.4, 0.5) is 5.69 Å². The van der Waals surface area contributed by atoms with Crippen molar-refractivity contribution >= 4 is 17.6 Å². The highest BCUT2D eigenvalue weighted by Gasteiger charge is 2.37. The topological polar surface area (TPSA) is 126 Å². The molecule has 0 bridgehead atoms. The van der Waals surface area contributed by atoms with Crippen molar-refractivity contribution in [2.75, 3.05) is 14.2 Å². The number of ether oxygens (including phenoxy) is 2. The van der Waals surface area contributed by atoms with Crippen molar-refractivity contribution in [2.45, 2.75) is 6.54 Å². The van der Waals surface area contributed by atoms with Gasteiger partial charge in [0.15, 0.2) is 0 Å². The number of esters is 2. The van der Waals surface area contributed by atoms with Gasteiger partial charge in [0.05, 0.1) is 25.7 Å². The molecule has 0 amide bonds. The fourth-order valence-corrected chi connectivity index (χ4v) is 1.93. The molecule has 0 saturated heterocycles. The van der Waals surface area contributed by atoms with E-state index in [0.29, 0.717) is 5.56 Å². The summed E-state index contributed by atoms with van der Waals surface area (Å²) in [7, 11) is 2.14. The fourth-order valence-electron chi connectivity index (χ4n) is 1.93. The predicted molar refractivity (Wildman–Crippen MR) is 74.9 cm³/mol. The number of carbonyl (C=O) groups excluding carboxylic acids is 2. The van der Waals surface area contributed by atoms with Gasteiger partial charge in [-0.1, -0.05) is 0 Å². The van der Waals surface area contributed by atoms with Crippen LogP contribution >= 0.6 is 0 Å². The summed E-state index contributed by atoms with van der Waals surface area (Å²) in [4.78, 5) is 37.9. The van der Waals surface area contributed by atoms with Gasteiger partial charge in [0.1, 0.15) is 0 Å². The van der Waals surface area contributed by atoms with Crippen LogP contribution in [-0.4, -0.2) is 45.8 Å². The molecule has 0 spiro atoms. The van der Waals surface area contributed by atoms with Gasteiger partial charge >= 0.3 is 17.6 Å². The van der Waals surface area contributed by atoms with Gasteiger partial charge in [0.2, 0.25) is 11.4 Å². The third-order valence-electron chi connectivity index (χ3n) is 2.95. The minimum Gasteiger partial charge on any atom is -0.464 e. The van der Waals surface area contributed by atoms with E-state index < -0.39 is 33.9 Å². The molecule has 23 heavy (non-hydrogen) atoms. The summed E-state index contributed by atoms with van der Waals surface area (Å²) in [6.45, 7) is 0.0186. The normalized spacial score (nSPS) is 10.2. The number of nitro groups is 1. The van der Waals surface area contributed by atoms with Crippen LogP contribution in [0, 0.1) is 10.1 Å². The quantitative estimate of drug-likeness (QED) is 0.450. The van der Waals surface area contributed by atoms with Crippen LogP contribution < -0.4 is 0 Å². The van der Waals surface area contributed by atoms with Gasteiger partial charge in [0.25, 0.3) is 0 Å². The van der Waals surface area contributed by atoms with E-state index in [1.165, 1.54) is 12.4 Å². The third kappa shape index (κ3) is 3.15. The summed E-state index contributed by atoms with van der Waals surface area (Å²) in [6, 6.07) is 3.29. The first kappa shape index (κ1) is 16.1. The number of rotatable bonds is 5. The minimum atomic E-state index is -1.02. The van der Waals surface area contributed by atoms with Gasteiger partial charge in [-0.25, -0.2) is 14.3 Å². The molecule has 0 atom stereocenters. The summed E-state index contributed by atoms with van der Waals surface area (Å²) in [6.07, 6.45) is 3.04. The van der Waals surface area contributed by atoms with Crippen molar-refractivity contribution in [3.63, 3.8) is 0 Å². The zero-order valence-corrected chi connectivity index (χ0v) is 12.3. The van der Waals surface area contributed by atoms with E-state index in [-0.39, 0.29) is 6.54 Å². The first-order valence-corrected chi connectivity index (χ1v) is 6.30. The molecule has 0 aliphatic rings. The second kappa shape index (κ2) is 6.64. The molecular weight excluding hydrogens is 308 g/mol. The first-order chi connectivity index (χ1) is 11.0. The number of aromatic nitrogens is 3. The molecule has 2 aromatic heterocycles. The summed E-state index contributed by atoms with van der Waals surface area (Å²) in [5, 5.41) is 15.1. The molecule has 10 heteroatoms. The maximum Gasteiger partial charge on any atom is 0.365 e. The molecule has 120 valence electrons. The van der Waals surface area contributed by atoms with Crippen LogP contribution in [0.15, 0.2) is 24.5 Å². The number of carbonyl (C=O) groups is 2. The highest BCUT2D eigenvalue weighted by Crippen LogP contribution is 2.26. The largest absolute Gasteiger partial charge is 0.464 e. The van der Waals surface area contributed by atoms with Crippen LogP contribution in [0.1, 0.15) is 26.5 Å². The Labute approximate surface area is 129 Å². The lowest BCUT2D eigenvalue weighted by Gasteiger charge is -2.05. The molecule has 0 aromatic carbocycles. The van der Waals surface area contributed by atoms with Crippen molar-refractivity contribution in [1.29, 1.82) is 0 Å². The zero-order valence-electron chi connectivity index (χ0n) is 12.3. The molecule has 2 rings (SSSR count). The molecule has 0 radical (unpaired) electrons.